The Morgan fingerprint density at radius 2 is 1.32 bits per heavy atom. The molecule has 5 aromatic rings. The van der Waals surface area contributed by atoms with Crippen LogP contribution in [0.15, 0.2) is 79.0 Å². The number of rotatable bonds is 10. The maximum atomic E-state index is 5.98. The van der Waals surface area contributed by atoms with Crippen LogP contribution in [-0.2, 0) is 18.4 Å². The highest BCUT2D eigenvalue weighted by Gasteiger charge is 2.28. The number of hydrogen-bond donors (Lipinski definition) is 0. The Kier molecular flexibility index (Phi) is 9.61. The van der Waals surface area contributed by atoms with Crippen molar-refractivity contribution in [2.45, 2.75) is 68.4 Å². The van der Waals surface area contributed by atoms with Gasteiger partial charge in [-0.15, -0.1) is 0 Å². The lowest BCUT2D eigenvalue weighted by Crippen LogP contribution is -2.55. The summed E-state index contributed by atoms with van der Waals surface area (Å²) in [6.07, 6.45) is 3.13. The highest BCUT2D eigenvalue weighted by atomic mass is 16.5. The average Bonchev–Trinajstić information content (AvgIpc) is 3.36. The Morgan fingerprint density at radius 1 is 0.750 bits per heavy atom. The topological polar surface area (TPSA) is 27.1 Å². The van der Waals surface area contributed by atoms with Gasteiger partial charge in [0.05, 0.1) is 18.5 Å². The second-order valence-corrected chi connectivity index (χ2v) is 12.9. The first-order valence-electron chi connectivity index (χ1n) is 16.0. The summed E-state index contributed by atoms with van der Waals surface area (Å²) in [5.41, 5.74) is 16.7. The zero-order chi connectivity index (χ0) is 31.5. The van der Waals surface area contributed by atoms with E-state index < -0.39 is 0 Å². The van der Waals surface area contributed by atoms with Gasteiger partial charge >= 0.3 is 0 Å². The van der Waals surface area contributed by atoms with Gasteiger partial charge in [-0.25, -0.2) is 4.98 Å². The number of aryl methyl sites for hydroxylation is 6. The lowest BCUT2D eigenvalue weighted by atomic mass is 9.34. The molecule has 0 fully saturated rings. The van der Waals surface area contributed by atoms with Crippen molar-refractivity contribution in [2.75, 3.05) is 6.61 Å². The maximum Gasteiger partial charge on any atom is 0.242 e. The van der Waals surface area contributed by atoms with E-state index in [9.17, 15) is 0 Å². The molecule has 0 aliphatic rings. The fourth-order valence-electron chi connectivity index (χ4n) is 6.86. The Bertz CT molecular complexity index is 1660. The van der Waals surface area contributed by atoms with Crippen LogP contribution in [0.5, 0.6) is 0 Å². The average molecular weight is 583 g/mol. The van der Waals surface area contributed by atoms with Gasteiger partial charge < -0.3 is 9.30 Å². The van der Waals surface area contributed by atoms with Crippen LogP contribution in [0.3, 0.4) is 0 Å². The lowest BCUT2D eigenvalue weighted by Gasteiger charge is -2.24. The summed E-state index contributed by atoms with van der Waals surface area (Å²) in [6, 6.07) is 27.0. The smallest absolute Gasteiger partial charge is 0.242 e. The molecule has 0 amide bonds. The van der Waals surface area contributed by atoms with Crippen LogP contribution >= 0.6 is 0 Å². The lowest BCUT2D eigenvalue weighted by molar-refractivity contribution is 0.0910. The molecular formula is C40H47BN2O. The van der Waals surface area contributed by atoms with Crippen molar-refractivity contribution < 1.29 is 4.74 Å². The van der Waals surface area contributed by atoms with E-state index in [1.54, 1.807) is 0 Å². The molecule has 1 unspecified atom stereocenters. The third-order valence-electron chi connectivity index (χ3n) is 9.13. The van der Waals surface area contributed by atoms with Gasteiger partial charge in [-0.05, 0) is 64.7 Å². The summed E-state index contributed by atoms with van der Waals surface area (Å²) in [6.45, 7) is 19.4. The highest BCUT2D eigenvalue weighted by Crippen LogP contribution is 2.26. The summed E-state index contributed by atoms with van der Waals surface area (Å²) in [5, 5.41) is 0. The van der Waals surface area contributed by atoms with Crippen LogP contribution in [0.25, 0.3) is 22.6 Å². The predicted octanol–water partition coefficient (Wildman–Crippen LogP) is 7.68. The molecule has 0 radical (unpaired) electrons. The first-order chi connectivity index (χ1) is 21.1. The Labute approximate surface area is 265 Å². The van der Waals surface area contributed by atoms with Crippen LogP contribution in [0.2, 0.25) is 0 Å². The van der Waals surface area contributed by atoms with E-state index >= 15 is 0 Å². The van der Waals surface area contributed by atoms with Gasteiger partial charge in [-0.1, -0.05) is 137 Å². The van der Waals surface area contributed by atoms with Crippen molar-refractivity contribution in [3.05, 3.63) is 118 Å². The van der Waals surface area contributed by atoms with Gasteiger partial charge in [0, 0.05) is 19.2 Å². The quantitative estimate of drug-likeness (QED) is 0.158. The van der Waals surface area contributed by atoms with Crippen LogP contribution in [0, 0.1) is 47.5 Å². The summed E-state index contributed by atoms with van der Waals surface area (Å²) in [4.78, 5) is 4.86. The number of nitrogens with zero attached hydrogens (tertiary/aromatic N) is 2. The third-order valence-corrected chi connectivity index (χ3v) is 9.13. The number of ether oxygens (including phenoxy) is 1. The predicted molar refractivity (Wildman–Crippen MR) is 189 cm³/mol. The molecule has 0 saturated carbocycles. The van der Waals surface area contributed by atoms with E-state index in [-0.39, 0.29) is 6.71 Å². The number of aromatic nitrogens is 2. The zero-order valence-electron chi connectivity index (χ0n) is 28.1. The van der Waals surface area contributed by atoms with E-state index in [1.807, 2.05) is 6.20 Å². The molecule has 44 heavy (non-hydrogen) atoms. The molecule has 0 spiro atoms. The van der Waals surface area contributed by atoms with Gasteiger partial charge in [0.15, 0.2) is 0 Å². The Hall–Kier alpha value is -3.89. The Morgan fingerprint density at radius 3 is 1.86 bits per heavy atom. The minimum Gasteiger partial charge on any atom is -0.376 e. The molecule has 226 valence electrons. The molecule has 0 aliphatic heterocycles. The van der Waals surface area contributed by atoms with Crippen LogP contribution in [0.4, 0.5) is 0 Å². The van der Waals surface area contributed by atoms with Crippen molar-refractivity contribution in [3.8, 4) is 22.6 Å². The molecule has 3 nitrogen and oxygen atoms in total. The van der Waals surface area contributed by atoms with E-state index in [0.717, 1.165) is 35.7 Å². The minimum atomic E-state index is 0.164. The van der Waals surface area contributed by atoms with Crippen molar-refractivity contribution in [1.29, 1.82) is 0 Å². The first kappa shape index (κ1) is 31.5. The third kappa shape index (κ3) is 6.61. The second kappa shape index (κ2) is 13.4. The molecule has 1 aromatic heterocycles. The van der Waals surface area contributed by atoms with E-state index in [0.29, 0.717) is 12.5 Å². The monoisotopic (exact) mass is 582 g/mol. The summed E-state index contributed by atoms with van der Waals surface area (Å²) in [5.74, 6) is 1.54. The highest BCUT2D eigenvalue weighted by molar-refractivity contribution is 6.96. The largest absolute Gasteiger partial charge is 0.376 e. The Balaban J connectivity index is 1.49. The number of imidazole rings is 1. The normalized spacial score (nSPS) is 12.0. The van der Waals surface area contributed by atoms with Crippen molar-refractivity contribution in [1.82, 2.24) is 9.55 Å². The van der Waals surface area contributed by atoms with Gasteiger partial charge in [0.1, 0.15) is 5.82 Å². The number of hydrogen-bond acceptors (Lipinski definition) is 2. The molecule has 5 rings (SSSR count). The fourth-order valence-corrected chi connectivity index (χ4v) is 6.86. The van der Waals surface area contributed by atoms with E-state index in [4.69, 9.17) is 9.72 Å². The van der Waals surface area contributed by atoms with Gasteiger partial charge in [0.25, 0.3) is 0 Å². The van der Waals surface area contributed by atoms with E-state index in [1.165, 1.54) is 55.3 Å². The molecular weight excluding hydrogens is 535 g/mol. The zero-order valence-corrected chi connectivity index (χ0v) is 28.1. The summed E-state index contributed by atoms with van der Waals surface area (Å²) < 4.78 is 8.18. The molecule has 0 N–H and O–H groups in total. The fraction of sp³-hybridized carbons (Fsp3) is 0.325. The molecule has 0 saturated heterocycles. The SMILES string of the molecule is CCC(C)COCc1cccc(-c2ncc(-c3ccc(B(c4c(C)cc(C)cc4C)c4c(C)cc(C)cc4C)cc3)n2C)c1. The van der Waals surface area contributed by atoms with Crippen LogP contribution in [-0.4, -0.2) is 22.9 Å². The molecule has 1 atom stereocenters. The molecule has 4 heteroatoms. The molecule has 0 bridgehead atoms. The van der Waals surface area contributed by atoms with Gasteiger partial charge in [-0.2, -0.15) is 0 Å². The first-order valence-corrected chi connectivity index (χ1v) is 16.0. The van der Waals surface area contributed by atoms with Crippen molar-refractivity contribution in [3.63, 3.8) is 0 Å². The number of benzene rings is 4. The maximum absolute atomic E-state index is 5.98. The standard InChI is InChI=1S/C40H47BN2O/c1-10-26(2)24-44-25-33-12-11-13-35(22-33)40-42-23-37(43(40)9)34-14-16-36(17-15-34)41(38-29(5)18-27(3)19-30(38)6)39-31(7)20-28(4)21-32(39)8/h11-23,26H,10,24-25H2,1-9H3. The van der Waals surface area contributed by atoms with E-state index in [2.05, 4.69) is 140 Å². The van der Waals surface area contributed by atoms with Gasteiger partial charge in [-0.3, -0.25) is 0 Å². The summed E-state index contributed by atoms with van der Waals surface area (Å²) in [7, 11) is 2.11. The molecule has 0 aliphatic carbocycles. The van der Waals surface area contributed by atoms with Crippen LogP contribution in [0.1, 0.15) is 59.2 Å². The minimum absolute atomic E-state index is 0.164. The molecule has 4 aromatic carbocycles. The van der Waals surface area contributed by atoms with Crippen LogP contribution < -0.4 is 16.4 Å². The molecule has 1 heterocycles. The van der Waals surface area contributed by atoms with Gasteiger partial charge in [0.2, 0.25) is 6.71 Å². The van der Waals surface area contributed by atoms with Crippen molar-refractivity contribution in [2.24, 2.45) is 13.0 Å². The summed E-state index contributed by atoms with van der Waals surface area (Å²) >= 11 is 0. The second-order valence-electron chi connectivity index (χ2n) is 12.9. The van der Waals surface area contributed by atoms with Crippen molar-refractivity contribution >= 4 is 23.1 Å².